The lowest BCUT2D eigenvalue weighted by molar-refractivity contribution is 0.140. The van der Waals surface area contributed by atoms with E-state index >= 15 is 0 Å². The van der Waals surface area contributed by atoms with Gasteiger partial charge in [0, 0.05) is 50.3 Å². The zero-order valence-electron chi connectivity index (χ0n) is 15.5. The van der Waals surface area contributed by atoms with Crippen molar-refractivity contribution in [3.05, 3.63) is 47.4 Å². The van der Waals surface area contributed by atoms with Gasteiger partial charge in [-0.15, -0.1) is 0 Å². The molecule has 0 spiro atoms. The van der Waals surface area contributed by atoms with Crippen molar-refractivity contribution in [1.29, 1.82) is 0 Å². The van der Waals surface area contributed by atoms with Crippen molar-refractivity contribution < 1.29 is 14.2 Å². The van der Waals surface area contributed by atoms with Gasteiger partial charge in [-0.3, -0.25) is 0 Å². The zero-order chi connectivity index (χ0) is 18.8. The van der Waals surface area contributed by atoms with Crippen LogP contribution in [0, 0.1) is 5.82 Å². The molecule has 2 aromatic rings. The van der Waals surface area contributed by atoms with Crippen LogP contribution < -0.4 is 9.80 Å². The van der Waals surface area contributed by atoms with Gasteiger partial charge in [0.2, 0.25) is 5.95 Å². The maximum atomic E-state index is 14.1. The molecule has 0 saturated carbocycles. The quantitative estimate of drug-likeness (QED) is 0.840. The summed E-state index contributed by atoms with van der Waals surface area (Å²) in [4.78, 5) is 13.5. The van der Waals surface area contributed by atoms with Crippen LogP contribution in [0.15, 0.2) is 30.3 Å². The second kappa shape index (κ2) is 7.78. The van der Waals surface area contributed by atoms with E-state index < -0.39 is 0 Å². The molecular formula is C20H25FN4O2. The third kappa shape index (κ3) is 3.89. The Hall–Kier alpha value is -2.25. The highest BCUT2D eigenvalue weighted by atomic mass is 19.1. The van der Waals surface area contributed by atoms with Gasteiger partial charge in [0.25, 0.3) is 0 Å². The van der Waals surface area contributed by atoms with Crippen molar-refractivity contribution in [2.75, 3.05) is 42.6 Å². The summed E-state index contributed by atoms with van der Waals surface area (Å²) in [5.41, 5.74) is 1.60. The predicted molar refractivity (Wildman–Crippen MR) is 102 cm³/mol. The molecule has 1 N–H and O–H groups in total. The number of aromatic nitrogens is 2. The van der Waals surface area contributed by atoms with Crippen LogP contribution in [-0.4, -0.2) is 54.0 Å². The molecule has 144 valence electrons. The molecular weight excluding hydrogens is 347 g/mol. The third-order valence-electron chi connectivity index (χ3n) is 5.24. The number of ether oxygens (including phenoxy) is 1. The monoisotopic (exact) mass is 372 g/mol. The predicted octanol–water partition coefficient (Wildman–Crippen LogP) is 2.33. The Kier molecular flexibility index (Phi) is 5.22. The van der Waals surface area contributed by atoms with Gasteiger partial charge in [-0.2, -0.15) is 4.98 Å². The first-order valence-corrected chi connectivity index (χ1v) is 9.52. The fourth-order valence-electron chi connectivity index (χ4n) is 3.53. The van der Waals surface area contributed by atoms with Gasteiger partial charge < -0.3 is 19.6 Å². The third-order valence-corrected chi connectivity index (χ3v) is 5.24. The van der Waals surface area contributed by atoms with Crippen LogP contribution in [0.1, 0.15) is 30.5 Å². The Morgan fingerprint density at radius 3 is 2.78 bits per heavy atom. The number of nitrogens with zero attached hydrogens (tertiary/aromatic N) is 4. The molecule has 3 heterocycles. The standard InChI is InChI=1S/C20H25FN4O2/c1-2-24(10-14-5-3-4-6-17(14)21)19-9-18(15-7-8-27-13-15)22-20(23-19)25-11-16(26)12-25/h3-6,9,15-16,26H,2,7-8,10-13H2,1H3/t15-/m0/s1. The van der Waals surface area contributed by atoms with Crippen molar-refractivity contribution in [2.45, 2.75) is 31.9 Å². The number of hydrogen-bond acceptors (Lipinski definition) is 6. The minimum Gasteiger partial charge on any atom is -0.389 e. The summed E-state index contributed by atoms with van der Waals surface area (Å²) in [5, 5.41) is 9.64. The Balaban J connectivity index is 1.65. The summed E-state index contributed by atoms with van der Waals surface area (Å²) >= 11 is 0. The van der Waals surface area contributed by atoms with E-state index in [1.165, 1.54) is 6.07 Å². The Bertz CT molecular complexity index is 791. The lowest BCUT2D eigenvalue weighted by Gasteiger charge is -2.36. The molecule has 6 nitrogen and oxygen atoms in total. The molecule has 2 aliphatic heterocycles. The van der Waals surface area contributed by atoms with Crippen LogP contribution in [0.5, 0.6) is 0 Å². The van der Waals surface area contributed by atoms with E-state index in [0.717, 1.165) is 24.5 Å². The maximum absolute atomic E-state index is 14.1. The lowest BCUT2D eigenvalue weighted by Crippen LogP contribution is -2.51. The fraction of sp³-hybridized carbons (Fsp3) is 0.500. The highest BCUT2D eigenvalue weighted by Gasteiger charge is 2.29. The first-order chi connectivity index (χ1) is 13.1. The highest BCUT2D eigenvalue weighted by Crippen LogP contribution is 2.30. The van der Waals surface area contributed by atoms with E-state index in [1.807, 2.05) is 24.0 Å². The van der Waals surface area contributed by atoms with Gasteiger partial charge in [-0.05, 0) is 19.4 Å². The van der Waals surface area contributed by atoms with Gasteiger partial charge in [0.1, 0.15) is 11.6 Å². The van der Waals surface area contributed by atoms with E-state index in [1.54, 1.807) is 12.1 Å². The number of hydrogen-bond donors (Lipinski definition) is 1. The number of rotatable bonds is 6. The van der Waals surface area contributed by atoms with Crippen LogP contribution in [0.4, 0.5) is 16.2 Å². The number of aliphatic hydroxyl groups excluding tert-OH is 1. The van der Waals surface area contributed by atoms with Crippen LogP contribution in [0.25, 0.3) is 0 Å². The number of benzene rings is 1. The molecule has 1 atom stereocenters. The van der Waals surface area contributed by atoms with Crippen LogP contribution >= 0.6 is 0 Å². The molecule has 2 aliphatic rings. The number of halogens is 1. The van der Waals surface area contributed by atoms with E-state index in [-0.39, 0.29) is 17.8 Å². The minimum absolute atomic E-state index is 0.208. The SMILES string of the molecule is CCN(Cc1ccccc1F)c1cc([C@H]2CCOC2)nc(N2CC(O)C2)n1. The Morgan fingerprint density at radius 2 is 2.11 bits per heavy atom. The molecule has 0 amide bonds. The maximum Gasteiger partial charge on any atom is 0.227 e. The van der Waals surface area contributed by atoms with Crippen LogP contribution in [0.3, 0.4) is 0 Å². The topological polar surface area (TPSA) is 61.7 Å². The van der Waals surface area contributed by atoms with Crippen LogP contribution in [0.2, 0.25) is 0 Å². The van der Waals surface area contributed by atoms with Gasteiger partial charge >= 0.3 is 0 Å². The molecule has 7 heteroatoms. The first-order valence-electron chi connectivity index (χ1n) is 9.52. The van der Waals surface area contributed by atoms with Crippen molar-refractivity contribution in [3.8, 4) is 0 Å². The van der Waals surface area contributed by atoms with Crippen molar-refractivity contribution in [3.63, 3.8) is 0 Å². The van der Waals surface area contributed by atoms with Gasteiger partial charge in [0.05, 0.1) is 18.4 Å². The zero-order valence-corrected chi connectivity index (χ0v) is 15.5. The second-order valence-electron chi connectivity index (χ2n) is 7.18. The Labute approximate surface area is 158 Å². The summed E-state index contributed by atoms with van der Waals surface area (Å²) in [6.45, 7) is 5.69. The van der Waals surface area contributed by atoms with E-state index in [9.17, 15) is 9.50 Å². The van der Waals surface area contributed by atoms with Crippen molar-refractivity contribution in [2.24, 2.45) is 0 Å². The molecule has 4 rings (SSSR count). The summed E-state index contributed by atoms with van der Waals surface area (Å²) in [6, 6.07) is 8.84. The normalized spacial score (nSPS) is 20.0. The molecule has 0 aliphatic carbocycles. The van der Waals surface area contributed by atoms with Crippen LogP contribution in [-0.2, 0) is 11.3 Å². The fourth-order valence-corrected chi connectivity index (χ4v) is 3.53. The molecule has 2 fully saturated rings. The average molecular weight is 372 g/mol. The average Bonchev–Trinajstić information content (AvgIpc) is 3.19. The molecule has 1 aromatic heterocycles. The molecule has 1 aromatic carbocycles. The number of anilines is 2. The largest absolute Gasteiger partial charge is 0.389 e. The first kappa shape index (κ1) is 18.1. The number of aliphatic hydroxyl groups is 1. The number of β-amino-alcohol motifs (C(OH)–C–C–N with tert-alkyl or cyclic N) is 1. The Morgan fingerprint density at radius 1 is 1.30 bits per heavy atom. The van der Waals surface area contributed by atoms with Gasteiger partial charge in [0.15, 0.2) is 0 Å². The van der Waals surface area contributed by atoms with Gasteiger partial charge in [-0.1, -0.05) is 18.2 Å². The van der Waals surface area contributed by atoms with Crippen molar-refractivity contribution >= 4 is 11.8 Å². The lowest BCUT2D eigenvalue weighted by atomic mass is 10.0. The molecule has 0 bridgehead atoms. The summed E-state index contributed by atoms with van der Waals surface area (Å²) < 4.78 is 19.7. The summed E-state index contributed by atoms with van der Waals surface area (Å²) in [5.74, 6) is 1.46. The second-order valence-corrected chi connectivity index (χ2v) is 7.18. The van der Waals surface area contributed by atoms with Crippen molar-refractivity contribution in [1.82, 2.24) is 9.97 Å². The highest BCUT2D eigenvalue weighted by molar-refractivity contribution is 5.48. The van der Waals surface area contributed by atoms with E-state index in [2.05, 4.69) is 4.90 Å². The molecule has 27 heavy (non-hydrogen) atoms. The smallest absolute Gasteiger partial charge is 0.227 e. The van der Waals surface area contributed by atoms with E-state index in [0.29, 0.717) is 44.3 Å². The van der Waals surface area contributed by atoms with Gasteiger partial charge in [-0.25, -0.2) is 9.37 Å². The molecule has 2 saturated heterocycles. The summed E-state index contributed by atoms with van der Waals surface area (Å²) in [7, 11) is 0. The minimum atomic E-state index is -0.323. The van der Waals surface area contributed by atoms with E-state index in [4.69, 9.17) is 14.7 Å². The summed E-state index contributed by atoms with van der Waals surface area (Å²) in [6.07, 6.45) is 0.619. The molecule has 0 unspecified atom stereocenters. The molecule has 0 radical (unpaired) electrons.